The number of rotatable bonds is 4. The van der Waals surface area contributed by atoms with Gasteiger partial charge in [-0.05, 0) is 12.5 Å². The van der Waals surface area contributed by atoms with E-state index >= 15 is 0 Å². The monoisotopic (exact) mass is 200 g/mol. The largest absolute Gasteiger partial charge is 0.478 e. The van der Waals surface area contributed by atoms with Gasteiger partial charge in [-0.1, -0.05) is 0 Å². The molecular weight excluding hydrogens is 192 g/mol. The van der Waals surface area contributed by atoms with Crippen molar-refractivity contribution in [2.24, 2.45) is 0 Å². The fraction of sp³-hybridized carbons (Fsp3) is 0.125. The van der Waals surface area contributed by atoms with Crippen molar-refractivity contribution in [3.63, 3.8) is 0 Å². The third-order valence-electron chi connectivity index (χ3n) is 1.26. The minimum absolute atomic E-state index is 0.132. The van der Waals surface area contributed by atoms with Crippen molar-refractivity contribution in [3.8, 4) is 0 Å². The topological polar surface area (TPSA) is 112 Å². The highest BCUT2D eigenvalue weighted by Gasteiger charge is 2.12. The first kappa shape index (κ1) is 11.9. The highest BCUT2D eigenvalue weighted by molar-refractivity contribution is 5.99. The second kappa shape index (κ2) is 4.80. The van der Waals surface area contributed by atoms with Gasteiger partial charge in [0.2, 0.25) is 0 Å². The van der Waals surface area contributed by atoms with Crippen LogP contribution >= 0.6 is 0 Å². The SMILES string of the molecule is CC(=CC(=O)O)C(=CC(=O)O)C(=O)O. The minimum atomic E-state index is -1.48. The van der Waals surface area contributed by atoms with Gasteiger partial charge in [0, 0.05) is 12.2 Å². The molecule has 0 saturated carbocycles. The van der Waals surface area contributed by atoms with Crippen LogP contribution in [0.1, 0.15) is 6.92 Å². The van der Waals surface area contributed by atoms with E-state index in [2.05, 4.69) is 0 Å². The third kappa shape index (κ3) is 4.05. The Morgan fingerprint density at radius 2 is 1.36 bits per heavy atom. The van der Waals surface area contributed by atoms with Gasteiger partial charge >= 0.3 is 17.9 Å². The molecule has 0 aliphatic rings. The number of carboxylic acid groups (broad SMARTS) is 3. The molecule has 0 saturated heterocycles. The zero-order chi connectivity index (χ0) is 11.3. The molecule has 0 atom stereocenters. The first-order chi connectivity index (χ1) is 6.34. The molecule has 0 aliphatic carbocycles. The molecule has 6 heteroatoms. The summed E-state index contributed by atoms with van der Waals surface area (Å²) in [5, 5.41) is 25.1. The van der Waals surface area contributed by atoms with E-state index in [4.69, 9.17) is 15.3 Å². The lowest BCUT2D eigenvalue weighted by Gasteiger charge is -1.99. The lowest BCUT2D eigenvalue weighted by Crippen LogP contribution is -2.06. The number of hydrogen-bond donors (Lipinski definition) is 3. The minimum Gasteiger partial charge on any atom is -0.478 e. The van der Waals surface area contributed by atoms with Gasteiger partial charge in [-0.25, -0.2) is 14.4 Å². The van der Waals surface area contributed by atoms with Crippen molar-refractivity contribution >= 4 is 17.9 Å². The molecule has 0 radical (unpaired) electrons. The van der Waals surface area contributed by atoms with Gasteiger partial charge in [0.05, 0.1) is 5.57 Å². The zero-order valence-electron chi connectivity index (χ0n) is 7.22. The molecule has 0 aromatic rings. The molecule has 76 valence electrons. The van der Waals surface area contributed by atoms with Crippen LogP contribution in [-0.2, 0) is 14.4 Å². The average molecular weight is 200 g/mol. The molecule has 0 heterocycles. The second-order valence-corrected chi connectivity index (χ2v) is 2.37. The maximum absolute atomic E-state index is 10.5. The van der Waals surface area contributed by atoms with Crippen molar-refractivity contribution < 1.29 is 29.7 Å². The summed E-state index contributed by atoms with van der Waals surface area (Å²) in [6.45, 7) is 1.21. The summed E-state index contributed by atoms with van der Waals surface area (Å²) in [7, 11) is 0. The molecule has 3 N–H and O–H groups in total. The van der Waals surface area contributed by atoms with E-state index in [1.165, 1.54) is 6.92 Å². The van der Waals surface area contributed by atoms with E-state index in [1.54, 1.807) is 0 Å². The highest BCUT2D eigenvalue weighted by Crippen LogP contribution is 2.09. The van der Waals surface area contributed by atoms with Crippen molar-refractivity contribution in [2.75, 3.05) is 0 Å². The first-order valence-corrected chi connectivity index (χ1v) is 3.44. The summed E-state index contributed by atoms with van der Waals surface area (Å²) in [6, 6.07) is 0. The van der Waals surface area contributed by atoms with Crippen LogP contribution < -0.4 is 0 Å². The second-order valence-electron chi connectivity index (χ2n) is 2.37. The Kier molecular flexibility index (Phi) is 4.08. The Labute approximate surface area is 78.8 Å². The van der Waals surface area contributed by atoms with Crippen molar-refractivity contribution in [3.05, 3.63) is 23.3 Å². The highest BCUT2D eigenvalue weighted by atomic mass is 16.4. The van der Waals surface area contributed by atoms with Gasteiger partial charge in [0.15, 0.2) is 0 Å². The number of aliphatic carboxylic acids is 3. The quantitative estimate of drug-likeness (QED) is 0.438. The van der Waals surface area contributed by atoms with Gasteiger partial charge in [-0.3, -0.25) is 0 Å². The summed E-state index contributed by atoms with van der Waals surface area (Å²) in [6.07, 6.45) is 1.07. The van der Waals surface area contributed by atoms with E-state index in [-0.39, 0.29) is 5.57 Å². The molecule has 0 aromatic heterocycles. The lowest BCUT2D eigenvalue weighted by molar-refractivity contribution is -0.134. The first-order valence-electron chi connectivity index (χ1n) is 3.44. The normalized spacial score (nSPS) is 12.4. The zero-order valence-corrected chi connectivity index (χ0v) is 7.22. The van der Waals surface area contributed by atoms with Crippen LogP contribution in [0.4, 0.5) is 0 Å². The van der Waals surface area contributed by atoms with Crippen LogP contribution in [-0.4, -0.2) is 33.2 Å². The third-order valence-corrected chi connectivity index (χ3v) is 1.26. The summed E-state index contributed by atoms with van der Waals surface area (Å²) < 4.78 is 0. The predicted molar refractivity (Wildman–Crippen MR) is 44.7 cm³/mol. The Bertz CT molecular complexity index is 336. The van der Waals surface area contributed by atoms with Crippen molar-refractivity contribution in [1.82, 2.24) is 0 Å². The van der Waals surface area contributed by atoms with Gasteiger partial charge < -0.3 is 15.3 Å². The van der Waals surface area contributed by atoms with Crippen molar-refractivity contribution in [2.45, 2.75) is 6.92 Å². The molecule has 0 bridgehead atoms. The van der Waals surface area contributed by atoms with E-state index in [0.29, 0.717) is 12.2 Å². The van der Waals surface area contributed by atoms with E-state index < -0.39 is 23.5 Å². The molecule has 0 rings (SSSR count). The number of carbonyl (C=O) groups is 3. The number of carboxylic acids is 3. The fourth-order valence-corrected chi connectivity index (χ4v) is 0.731. The van der Waals surface area contributed by atoms with Crippen LogP contribution in [0, 0.1) is 0 Å². The molecule has 14 heavy (non-hydrogen) atoms. The van der Waals surface area contributed by atoms with Gasteiger partial charge in [-0.2, -0.15) is 0 Å². The smallest absolute Gasteiger partial charge is 0.336 e. The maximum atomic E-state index is 10.5. The fourth-order valence-electron chi connectivity index (χ4n) is 0.731. The summed E-state index contributed by atoms with van der Waals surface area (Å²) >= 11 is 0. The van der Waals surface area contributed by atoms with E-state index in [0.717, 1.165) is 0 Å². The van der Waals surface area contributed by atoms with Gasteiger partial charge in [0.25, 0.3) is 0 Å². The van der Waals surface area contributed by atoms with E-state index in [9.17, 15) is 14.4 Å². The Balaban J connectivity index is 5.14. The van der Waals surface area contributed by atoms with Crippen LogP contribution in [0.2, 0.25) is 0 Å². The standard InChI is InChI=1S/C8H8O6/c1-4(2-6(9)10)5(8(13)14)3-7(11)12/h2-3H,1H3,(H,9,10)(H,11,12)(H,13,14). The number of hydrogen-bond acceptors (Lipinski definition) is 3. The molecular formula is C8H8O6. The summed E-state index contributed by atoms with van der Waals surface area (Å²) in [5.41, 5.74) is -0.688. The van der Waals surface area contributed by atoms with Gasteiger partial charge in [-0.15, -0.1) is 0 Å². The average Bonchev–Trinajstić information content (AvgIpc) is 1.97. The Morgan fingerprint density at radius 1 is 0.929 bits per heavy atom. The molecule has 0 aromatic carbocycles. The van der Waals surface area contributed by atoms with Crippen LogP contribution in [0.5, 0.6) is 0 Å². The van der Waals surface area contributed by atoms with E-state index in [1.807, 2.05) is 0 Å². The molecule has 0 unspecified atom stereocenters. The Morgan fingerprint density at radius 3 is 1.64 bits per heavy atom. The van der Waals surface area contributed by atoms with Crippen LogP contribution in [0.3, 0.4) is 0 Å². The molecule has 0 amide bonds. The van der Waals surface area contributed by atoms with Crippen LogP contribution in [0.25, 0.3) is 0 Å². The molecule has 0 spiro atoms. The van der Waals surface area contributed by atoms with Gasteiger partial charge in [0.1, 0.15) is 0 Å². The van der Waals surface area contributed by atoms with Crippen molar-refractivity contribution in [1.29, 1.82) is 0 Å². The summed E-state index contributed by atoms with van der Waals surface area (Å²) in [5.74, 6) is -4.26. The molecule has 0 fully saturated rings. The molecule has 0 aliphatic heterocycles. The molecule has 6 nitrogen and oxygen atoms in total. The predicted octanol–water partition coefficient (Wildman–Crippen LogP) is 0.113. The lowest BCUT2D eigenvalue weighted by atomic mass is 10.1. The summed E-state index contributed by atoms with van der Waals surface area (Å²) in [4.78, 5) is 30.9. The van der Waals surface area contributed by atoms with Crippen LogP contribution in [0.15, 0.2) is 23.3 Å². The Hall–Kier alpha value is -2.11. The maximum Gasteiger partial charge on any atom is 0.336 e.